The predicted molar refractivity (Wildman–Crippen MR) is 164 cm³/mol. The molecule has 232 valence electrons. The molecule has 11 nitrogen and oxygen atoms in total. The quantitative estimate of drug-likeness (QED) is 0.423. The lowest BCUT2D eigenvalue weighted by Gasteiger charge is -2.40. The Morgan fingerprint density at radius 1 is 1.04 bits per heavy atom. The van der Waals surface area contributed by atoms with E-state index in [0.29, 0.717) is 36.4 Å². The van der Waals surface area contributed by atoms with Crippen LogP contribution in [0.15, 0.2) is 65.8 Å². The molecular formula is C32H29ClFN5O6. The van der Waals surface area contributed by atoms with Gasteiger partial charge in [-0.15, -0.1) is 0 Å². The molecule has 0 bridgehead atoms. The highest BCUT2D eigenvalue weighted by Gasteiger charge is 2.43. The number of nitrogens with one attached hydrogen (secondary N) is 1. The molecule has 0 aliphatic carbocycles. The Bertz CT molecular complexity index is 1730. The maximum absolute atomic E-state index is 14.7. The fourth-order valence-corrected chi connectivity index (χ4v) is 6.13. The van der Waals surface area contributed by atoms with Gasteiger partial charge in [0.15, 0.2) is 5.82 Å². The summed E-state index contributed by atoms with van der Waals surface area (Å²) < 4.78 is 14.7. The van der Waals surface area contributed by atoms with Crippen molar-refractivity contribution in [1.82, 2.24) is 9.80 Å². The molecule has 13 heteroatoms. The van der Waals surface area contributed by atoms with Gasteiger partial charge in [0.05, 0.1) is 22.8 Å². The molecule has 0 unspecified atom stereocenters. The van der Waals surface area contributed by atoms with E-state index in [1.54, 1.807) is 23.1 Å². The van der Waals surface area contributed by atoms with Gasteiger partial charge in [0.1, 0.15) is 6.04 Å². The lowest BCUT2D eigenvalue weighted by atomic mass is 9.89. The lowest BCUT2D eigenvalue weighted by Crippen LogP contribution is -2.51. The normalized spacial score (nSPS) is 19.9. The van der Waals surface area contributed by atoms with Gasteiger partial charge in [-0.05, 0) is 67.1 Å². The highest BCUT2D eigenvalue weighted by molar-refractivity contribution is 6.31. The van der Waals surface area contributed by atoms with E-state index in [2.05, 4.69) is 10.5 Å². The molecule has 0 aromatic heterocycles. The second kappa shape index (κ2) is 12.3. The third kappa shape index (κ3) is 5.86. The minimum atomic E-state index is -1.11. The number of carbonyl (C=O) groups is 4. The van der Waals surface area contributed by atoms with Crippen LogP contribution >= 0.6 is 11.6 Å². The minimum Gasteiger partial charge on any atom is -0.478 e. The van der Waals surface area contributed by atoms with E-state index in [1.807, 2.05) is 18.0 Å². The van der Waals surface area contributed by atoms with Crippen LogP contribution in [0, 0.1) is 5.82 Å². The molecule has 45 heavy (non-hydrogen) atoms. The fourth-order valence-electron chi connectivity index (χ4n) is 5.96. The van der Waals surface area contributed by atoms with Crippen LogP contribution in [0.25, 0.3) is 0 Å². The SMILES string of the molecule is CN1CCN(c2cccc3c2CCN(C(=O)[C@H]2CC(c4cccc(Cl)c4F)=NO2)[C@@H]3C(=O)Nc2ccc(C(=O)O)cc2)C(=O)C1. The molecule has 3 heterocycles. The number of carboxylic acid groups (broad SMARTS) is 1. The maximum Gasteiger partial charge on any atom is 0.335 e. The molecule has 3 amide bonds. The summed E-state index contributed by atoms with van der Waals surface area (Å²) in [5, 5.41) is 15.9. The van der Waals surface area contributed by atoms with E-state index in [4.69, 9.17) is 16.4 Å². The van der Waals surface area contributed by atoms with Gasteiger partial charge in [0.2, 0.25) is 12.0 Å². The van der Waals surface area contributed by atoms with E-state index >= 15 is 0 Å². The molecule has 3 aliphatic rings. The second-order valence-corrected chi connectivity index (χ2v) is 11.5. The predicted octanol–water partition coefficient (Wildman–Crippen LogP) is 3.71. The van der Waals surface area contributed by atoms with Crippen LogP contribution in [0.1, 0.15) is 39.5 Å². The molecule has 0 radical (unpaired) electrons. The van der Waals surface area contributed by atoms with Gasteiger partial charge in [-0.1, -0.05) is 35.0 Å². The van der Waals surface area contributed by atoms with Crippen molar-refractivity contribution in [3.05, 3.63) is 93.8 Å². The van der Waals surface area contributed by atoms with Gasteiger partial charge in [-0.2, -0.15) is 0 Å². The molecule has 3 aromatic rings. The van der Waals surface area contributed by atoms with Crippen LogP contribution in [-0.2, 0) is 25.6 Å². The Morgan fingerprint density at radius 3 is 2.53 bits per heavy atom. The molecule has 1 saturated heterocycles. The minimum absolute atomic E-state index is 0.0275. The summed E-state index contributed by atoms with van der Waals surface area (Å²) in [5.41, 5.74) is 2.78. The van der Waals surface area contributed by atoms with E-state index in [-0.39, 0.29) is 47.3 Å². The lowest BCUT2D eigenvalue weighted by molar-refractivity contribution is -0.148. The van der Waals surface area contributed by atoms with Crippen LogP contribution in [-0.4, -0.2) is 83.6 Å². The molecule has 0 saturated carbocycles. The number of hydrogen-bond acceptors (Lipinski definition) is 7. The number of carboxylic acids is 1. The zero-order chi connectivity index (χ0) is 31.8. The number of amides is 3. The first kappa shape index (κ1) is 30.2. The third-order valence-corrected chi connectivity index (χ3v) is 8.53. The number of oxime groups is 1. The van der Waals surface area contributed by atoms with E-state index in [0.717, 1.165) is 5.56 Å². The first-order chi connectivity index (χ1) is 21.6. The monoisotopic (exact) mass is 633 g/mol. The zero-order valence-corrected chi connectivity index (χ0v) is 25.0. The smallest absolute Gasteiger partial charge is 0.335 e. The number of rotatable bonds is 6. The number of halogens is 2. The van der Waals surface area contributed by atoms with Gasteiger partial charge in [0, 0.05) is 43.0 Å². The Balaban J connectivity index is 1.32. The fraction of sp³-hybridized carbons (Fsp3) is 0.281. The Hall–Kier alpha value is -4.81. The van der Waals surface area contributed by atoms with Gasteiger partial charge >= 0.3 is 5.97 Å². The zero-order valence-electron chi connectivity index (χ0n) is 24.2. The maximum atomic E-state index is 14.7. The second-order valence-electron chi connectivity index (χ2n) is 11.1. The Kier molecular flexibility index (Phi) is 8.26. The first-order valence-electron chi connectivity index (χ1n) is 14.3. The van der Waals surface area contributed by atoms with Crippen molar-refractivity contribution in [1.29, 1.82) is 0 Å². The summed E-state index contributed by atoms with van der Waals surface area (Å²) in [7, 11) is 1.88. The number of likely N-dealkylation sites (N-methyl/N-ethyl adjacent to an activating group) is 1. The average molecular weight is 634 g/mol. The summed E-state index contributed by atoms with van der Waals surface area (Å²) >= 11 is 5.94. The van der Waals surface area contributed by atoms with Crippen molar-refractivity contribution in [2.24, 2.45) is 5.16 Å². The largest absolute Gasteiger partial charge is 0.478 e. The summed E-state index contributed by atoms with van der Waals surface area (Å²) in [6.45, 7) is 1.57. The van der Waals surface area contributed by atoms with Gasteiger partial charge < -0.3 is 25.1 Å². The number of carbonyl (C=O) groups excluding carboxylic acids is 3. The molecule has 1 fully saturated rings. The van der Waals surface area contributed by atoms with Crippen molar-refractivity contribution < 1.29 is 33.5 Å². The molecule has 3 aromatic carbocycles. The standard InChI is InChI=1S/C32H29ClFN5O6/c1-37-14-15-38(27(40)17-37)25-7-3-4-21-20(25)12-13-39(29(21)30(41)35-19-10-8-18(9-11-19)32(43)44)31(42)26-16-24(36-45-26)22-5-2-6-23(33)28(22)34/h2-11,26,29H,12-17H2,1H3,(H,35,41)(H,43,44)/t26-,29+/m1/s1. The van der Waals surface area contributed by atoms with Crippen molar-refractivity contribution >= 4 is 52.4 Å². The number of benzene rings is 3. The molecule has 0 spiro atoms. The van der Waals surface area contributed by atoms with Gasteiger partial charge in [0.25, 0.3) is 11.8 Å². The van der Waals surface area contributed by atoms with E-state index in [1.165, 1.54) is 41.3 Å². The molecule has 2 atom stereocenters. The number of fused-ring (bicyclic) bond motifs is 1. The average Bonchev–Trinajstić information content (AvgIpc) is 3.51. The van der Waals surface area contributed by atoms with Crippen LogP contribution in [0.3, 0.4) is 0 Å². The summed E-state index contributed by atoms with van der Waals surface area (Å²) in [6, 6.07) is 14.4. The van der Waals surface area contributed by atoms with Crippen molar-refractivity contribution in [3.63, 3.8) is 0 Å². The number of hydrogen-bond donors (Lipinski definition) is 2. The number of piperazine rings is 1. The van der Waals surface area contributed by atoms with Crippen LogP contribution in [0.4, 0.5) is 15.8 Å². The van der Waals surface area contributed by atoms with E-state index in [9.17, 15) is 28.7 Å². The van der Waals surface area contributed by atoms with Crippen molar-refractivity contribution in [2.45, 2.75) is 25.0 Å². The van der Waals surface area contributed by atoms with Crippen LogP contribution < -0.4 is 10.2 Å². The number of nitrogens with zero attached hydrogens (tertiary/aromatic N) is 4. The highest BCUT2D eigenvalue weighted by Crippen LogP contribution is 2.38. The summed E-state index contributed by atoms with van der Waals surface area (Å²) in [6.07, 6.45) is -0.759. The topological polar surface area (TPSA) is 132 Å². The molecule has 3 aliphatic heterocycles. The van der Waals surface area contributed by atoms with Crippen molar-refractivity contribution in [2.75, 3.05) is 43.4 Å². The van der Waals surface area contributed by atoms with Crippen LogP contribution in [0.2, 0.25) is 5.02 Å². The van der Waals surface area contributed by atoms with E-state index < -0.39 is 35.7 Å². The van der Waals surface area contributed by atoms with Gasteiger partial charge in [-0.25, -0.2) is 9.18 Å². The molecule has 2 N–H and O–H groups in total. The Morgan fingerprint density at radius 2 is 1.80 bits per heavy atom. The number of anilines is 2. The highest BCUT2D eigenvalue weighted by atomic mass is 35.5. The van der Waals surface area contributed by atoms with Crippen LogP contribution in [0.5, 0.6) is 0 Å². The first-order valence-corrected chi connectivity index (χ1v) is 14.7. The third-order valence-electron chi connectivity index (χ3n) is 8.24. The molecule has 6 rings (SSSR count). The summed E-state index contributed by atoms with van der Waals surface area (Å²) in [5.74, 6) is -2.88. The van der Waals surface area contributed by atoms with Crippen molar-refractivity contribution in [3.8, 4) is 0 Å². The number of aromatic carboxylic acids is 1. The molecular weight excluding hydrogens is 605 g/mol. The van der Waals surface area contributed by atoms with Gasteiger partial charge in [-0.3, -0.25) is 19.3 Å². The Labute approximate surface area is 262 Å². The summed E-state index contributed by atoms with van der Waals surface area (Å²) in [4.78, 5) is 62.8.